The van der Waals surface area contributed by atoms with Gasteiger partial charge in [0.15, 0.2) is 0 Å². The SMILES string of the molecule is CCCC1(F)CN(CC)C1. The average Bonchev–Trinajstić information content (AvgIpc) is 1.83. The molecule has 1 aliphatic rings. The molecule has 0 N–H and O–H groups in total. The van der Waals surface area contributed by atoms with Crippen LogP contribution in [-0.2, 0) is 0 Å². The van der Waals surface area contributed by atoms with Gasteiger partial charge in [0.25, 0.3) is 0 Å². The topological polar surface area (TPSA) is 3.24 Å². The maximum absolute atomic E-state index is 13.3. The number of hydrogen-bond donors (Lipinski definition) is 0. The predicted molar refractivity (Wildman–Crippen MR) is 40.9 cm³/mol. The quantitative estimate of drug-likeness (QED) is 0.585. The predicted octanol–water partition coefficient (Wildman–Crippen LogP) is 1.83. The molecule has 0 amide bonds. The van der Waals surface area contributed by atoms with Gasteiger partial charge in [-0.3, -0.25) is 4.90 Å². The summed E-state index contributed by atoms with van der Waals surface area (Å²) in [5.41, 5.74) is -0.829. The van der Waals surface area contributed by atoms with Crippen molar-refractivity contribution < 1.29 is 4.39 Å². The molecule has 1 heterocycles. The molecular formula is C8H16FN. The van der Waals surface area contributed by atoms with Crippen LogP contribution in [0.5, 0.6) is 0 Å². The number of rotatable bonds is 3. The molecular weight excluding hydrogens is 129 g/mol. The van der Waals surface area contributed by atoms with E-state index in [9.17, 15) is 4.39 Å². The zero-order chi connectivity index (χ0) is 7.61. The number of halogens is 1. The van der Waals surface area contributed by atoms with E-state index >= 15 is 0 Å². The summed E-state index contributed by atoms with van der Waals surface area (Å²) in [5, 5.41) is 0. The van der Waals surface area contributed by atoms with Crippen LogP contribution in [0.15, 0.2) is 0 Å². The van der Waals surface area contributed by atoms with Crippen LogP contribution in [0.1, 0.15) is 26.7 Å². The molecule has 1 rings (SSSR count). The lowest BCUT2D eigenvalue weighted by atomic mass is 9.91. The van der Waals surface area contributed by atoms with Crippen molar-refractivity contribution in [3.8, 4) is 0 Å². The van der Waals surface area contributed by atoms with Crippen LogP contribution in [-0.4, -0.2) is 30.2 Å². The zero-order valence-electron chi connectivity index (χ0n) is 6.86. The maximum atomic E-state index is 13.3. The Morgan fingerprint density at radius 3 is 2.40 bits per heavy atom. The minimum Gasteiger partial charge on any atom is -0.297 e. The van der Waals surface area contributed by atoms with Crippen molar-refractivity contribution in [2.75, 3.05) is 19.6 Å². The molecule has 1 nitrogen and oxygen atoms in total. The molecule has 10 heavy (non-hydrogen) atoms. The Balaban J connectivity index is 2.20. The van der Waals surface area contributed by atoms with Crippen molar-refractivity contribution in [1.82, 2.24) is 4.90 Å². The number of likely N-dealkylation sites (tertiary alicyclic amines) is 1. The number of alkyl halides is 1. The highest BCUT2D eigenvalue weighted by Crippen LogP contribution is 2.29. The van der Waals surface area contributed by atoms with Crippen molar-refractivity contribution in [1.29, 1.82) is 0 Å². The molecule has 0 aromatic heterocycles. The van der Waals surface area contributed by atoms with E-state index in [0.29, 0.717) is 13.1 Å². The number of hydrogen-bond acceptors (Lipinski definition) is 1. The van der Waals surface area contributed by atoms with Crippen molar-refractivity contribution in [2.45, 2.75) is 32.4 Å². The molecule has 60 valence electrons. The van der Waals surface area contributed by atoms with E-state index in [2.05, 4.69) is 11.8 Å². The van der Waals surface area contributed by atoms with Gasteiger partial charge in [0.1, 0.15) is 5.67 Å². The van der Waals surface area contributed by atoms with Crippen LogP contribution in [0.4, 0.5) is 4.39 Å². The average molecular weight is 145 g/mol. The second-order valence-corrected chi connectivity index (χ2v) is 3.20. The molecule has 0 spiro atoms. The Hall–Kier alpha value is -0.110. The summed E-state index contributed by atoms with van der Waals surface area (Å²) >= 11 is 0. The summed E-state index contributed by atoms with van der Waals surface area (Å²) in [6.45, 7) is 6.44. The first-order chi connectivity index (χ1) is 4.70. The molecule has 0 radical (unpaired) electrons. The third kappa shape index (κ3) is 1.48. The van der Waals surface area contributed by atoms with Gasteiger partial charge in [0, 0.05) is 13.1 Å². The first-order valence-electron chi connectivity index (χ1n) is 4.11. The lowest BCUT2D eigenvalue weighted by Crippen LogP contribution is -2.58. The molecule has 0 aliphatic carbocycles. The van der Waals surface area contributed by atoms with Gasteiger partial charge in [0.05, 0.1) is 0 Å². The van der Waals surface area contributed by atoms with E-state index in [-0.39, 0.29) is 0 Å². The standard InChI is InChI=1S/C8H16FN/c1-3-5-8(9)6-10(4-2)7-8/h3-7H2,1-2H3. The van der Waals surface area contributed by atoms with E-state index in [1.165, 1.54) is 0 Å². The van der Waals surface area contributed by atoms with Crippen LogP contribution in [0.2, 0.25) is 0 Å². The van der Waals surface area contributed by atoms with Gasteiger partial charge >= 0.3 is 0 Å². The van der Waals surface area contributed by atoms with Crippen molar-refractivity contribution in [3.63, 3.8) is 0 Å². The van der Waals surface area contributed by atoms with E-state index in [4.69, 9.17) is 0 Å². The third-order valence-electron chi connectivity index (χ3n) is 2.16. The minimum absolute atomic E-state index is 0.664. The molecule has 2 heteroatoms. The monoisotopic (exact) mass is 145 g/mol. The Morgan fingerprint density at radius 1 is 1.40 bits per heavy atom. The van der Waals surface area contributed by atoms with E-state index < -0.39 is 5.67 Å². The Labute approximate surface area is 62.2 Å². The smallest absolute Gasteiger partial charge is 0.136 e. The molecule has 0 atom stereocenters. The highest BCUT2D eigenvalue weighted by Gasteiger charge is 2.41. The summed E-state index contributed by atoms with van der Waals surface area (Å²) in [6, 6.07) is 0. The van der Waals surface area contributed by atoms with Crippen LogP contribution in [0.25, 0.3) is 0 Å². The largest absolute Gasteiger partial charge is 0.297 e. The van der Waals surface area contributed by atoms with E-state index in [1.54, 1.807) is 0 Å². The Bertz CT molecular complexity index is 108. The molecule has 1 aliphatic heterocycles. The van der Waals surface area contributed by atoms with Gasteiger partial charge in [-0.05, 0) is 13.0 Å². The molecule has 0 aromatic carbocycles. The summed E-state index contributed by atoms with van der Waals surface area (Å²) < 4.78 is 13.3. The lowest BCUT2D eigenvalue weighted by Gasteiger charge is -2.44. The van der Waals surface area contributed by atoms with Crippen molar-refractivity contribution in [3.05, 3.63) is 0 Å². The first kappa shape index (κ1) is 7.99. The molecule has 1 saturated heterocycles. The second-order valence-electron chi connectivity index (χ2n) is 3.20. The maximum Gasteiger partial charge on any atom is 0.136 e. The van der Waals surface area contributed by atoms with Crippen molar-refractivity contribution in [2.24, 2.45) is 0 Å². The summed E-state index contributed by atoms with van der Waals surface area (Å²) in [6.07, 6.45) is 1.71. The third-order valence-corrected chi connectivity index (χ3v) is 2.16. The van der Waals surface area contributed by atoms with Crippen LogP contribution in [0.3, 0.4) is 0 Å². The summed E-state index contributed by atoms with van der Waals surface area (Å²) in [7, 11) is 0. The second kappa shape index (κ2) is 2.87. The highest BCUT2D eigenvalue weighted by atomic mass is 19.1. The van der Waals surface area contributed by atoms with Crippen molar-refractivity contribution >= 4 is 0 Å². The minimum atomic E-state index is -0.829. The fraction of sp³-hybridized carbons (Fsp3) is 1.00. The van der Waals surface area contributed by atoms with Gasteiger partial charge in [-0.2, -0.15) is 0 Å². The van der Waals surface area contributed by atoms with Crippen LogP contribution in [0, 0.1) is 0 Å². The lowest BCUT2D eigenvalue weighted by molar-refractivity contribution is -0.0348. The fourth-order valence-corrected chi connectivity index (χ4v) is 1.58. The van der Waals surface area contributed by atoms with Gasteiger partial charge in [0.2, 0.25) is 0 Å². The first-order valence-corrected chi connectivity index (χ1v) is 4.11. The molecule has 0 aromatic rings. The number of nitrogens with zero attached hydrogens (tertiary/aromatic N) is 1. The Morgan fingerprint density at radius 2 is 2.00 bits per heavy atom. The van der Waals surface area contributed by atoms with Gasteiger partial charge < -0.3 is 0 Å². The molecule has 0 unspecified atom stereocenters. The normalized spacial score (nSPS) is 24.3. The Kier molecular flexibility index (Phi) is 2.29. The summed E-state index contributed by atoms with van der Waals surface area (Å²) in [5.74, 6) is 0. The van der Waals surface area contributed by atoms with Gasteiger partial charge in [-0.15, -0.1) is 0 Å². The van der Waals surface area contributed by atoms with Gasteiger partial charge in [-0.25, -0.2) is 4.39 Å². The molecule has 0 saturated carbocycles. The summed E-state index contributed by atoms with van der Waals surface area (Å²) in [4.78, 5) is 2.13. The fourth-order valence-electron chi connectivity index (χ4n) is 1.58. The molecule has 1 fully saturated rings. The van der Waals surface area contributed by atoms with Crippen LogP contribution >= 0.6 is 0 Å². The van der Waals surface area contributed by atoms with E-state index in [0.717, 1.165) is 19.4 Å². The van der Waals surface area contributed by atoms with E-state index in [1.807, 2.05) is 6.92 Å². The zero-order valence-corrected chi connectivity index (χ0v) is 6.86. The molecule has 0 bridgehead atoms. The van der Waals surface area contributed by atoms with Gasteiger partial charge in [-0.1, -0.05) is 20.3 Å². The highest BCUT2D eigenvalue weighted by molar-refractivity contribution is 4.94. The van der Waals surface area contributed by atoms with Crippen LogP contribution < -0.4 is 0 Å².